The van der Waals surface area contributed by atoms with Crippen molar-refractivity contribution in [2.24, 2.45) is 5.41 Å². The Kier molecular flexibility index (Phi) is 5.10. The van der Waals surface area contributed by atoms with Crippen LogP contribution in [0, 0.1) is 5.41 Å². The molecule has 1 aliphatic rings. The van der Waals surface area contributed by atoms with Gasteiger partial charge in [0.15, 0.2) is 0 Å². The third-order valence-electron chi connectivity index (χ3n) is 3.11. The molecule has 6 nitrogen and oxygen atoms in total. The Hall–Kier alpha value is -1.14. The van der Waals surface area contributed by atoms with Gasteiger partial charge in [-0.15, -0.1) is 0 Å². The van der Waals surface area contributed by atoms with Crippen molar-refractivity contribution >= 4 is 11.8 Å². The van der Waals surface area contributed by atoms with Gasteiger partial charge in [-0.05, 0) is 11.8 Å². The first-order chi connectivity index (χ1) is 8.34. The fourth-order valence-electron chi connectivity index (χ4n) is 1.87. The van der Waals surface area contributed by atoms with Crippen LogP contribution < -0.4 is 16.0 Å². The van der Waals surface area contributed by atoms with Crippen LogP contribution in [0.3, 0.4) is 0 Å². The highest BCUT2D eigenvalue weighted by molar-refractivity contribution is 5.86. The summed E-state index contributed by atoms with van der Waals surface area (Å²) in [7, 11) is 0. The van der Waals surface area contributed by atoms with Gasteiger partial charge in [0.1, 0.15) is 6.04 Å². The van der Waals surface area contributed by atoms with Crippen LogP contribution in [-0.2, 0) is 9.59 Å². The third-order valence-corrected chi connectivity index (χ3v) is 3.11. The lowest BCUT2D eigenvalue weighted by atomic mass is 9.84. The van der Waals surface area contributed by atoms with Crippen molar-refractivity contribution in [3.05, 3.63) is 0 Å². The van der Waals surface area contributed by atoms with Crippen LogP contribution in [0.15, 0.2) is 0 Å². The third kappa shape index (κ3) is 4.27. The number of amides is 2. The van der Waals surface area contributed by atoms with Crippen molar-refractivity contribution in [1.82, 2.24) is 16.0 Å². The summed E-state index contributed by atoms with van der Waals surface area (Å²) >= 11 is 0. The molecule has 1 rings (SSSR count). The molecule has 1 fully saturated rings. The molecule has 0 spiro atoms. The molecule has 0 aliphatic carbocycles. The summed E-state index contributed by atoms with van der Waals surface area (Å²) in [5.74, 6) is -0.231. The zero-order valence-corrected chi connectivity index (χ0v) is 11.2. The number of hydrogen-bond acceptors (Lipinski definition) is 4. The summed E-state index contributed by atoms with van der Waals surface area (Å²) in [6, 6.07) is -0.485. The molecule has 2 unspecified atom stereocenters. The normalized spacial score (nSPS) is 22.2. The zero-order chi connectivity index (χ0) is 13.8. The van der Waals surface area contributed by atoms with Crippen molar-refractivity contribution in [2.75, 3.05) is 19.7 Å². The average molecular weight is 257 g/mol. The van der Waals surface area contributed by atoms with E-state index in [9.17, 15) is 9.59 Å². The Balaban J connectivity index is 2.53. The molecule has 6 heteroatoms. The number of nitrogens with one attached hydrogen (secondary N) is 3. The molecule has 104 valence electrons. The minimum absolute atomic E-state index is 0.0387. The summed E-state index contributed by atoms with van der Waals surface area (Å²) in [5, 5.41) is 17.5. The maximum atomic E-state index is 12.0. The molecule has 0 aromatic rings. The molecular weight excluding hydrogens is 234 g/mol. The first-order valence-corrected chi connectivity index (χ1v) is 6.26. The van der Waals surface area contributed by atoms with E-state index in [1.807, 2.05) is 20.8 Å². The van der Waals surface area contributed by atoms with Crippen LogP contribution in [-0.4, -0.2) is 48.7 Å². The van der Waals surface area contributed by atoms with Crippen LogP contribution in [0.1, 0.15) is 27.2 Å². The summed E-state index contributed by atoms with van der Waals surface area (Å²) in [6.45, 7) is 6.56. The first-order valence-electron chi connectivity index (χ1n) is 6.26. The van der Waals surface area contributed by atoms with Crippen LogP contribution in [0.2, 0.25) is 0 Å². The minimum atomic E-state index is -0.397. The van der Waals surface area contributed by atoms with E-state index in [1.165, 1.54) is 0 Å². The molecule has 0 bridgehead atoms. The number of aliphatic hydroxyl groups excluding tert-OH is 1. The Bertz CT molecular complexity index is 302. The summed E-state index contributed by atoms with van der Waals surface area (Å²) in [6.07, 6.45) is 0.522. The molecular formula is C12H23N3O3. The number of aliphatic hydroxyl groups is 1. The van der Waals surface area contributed by atoms with Crippen molar-refractivity contribution < 1.29 is 14.7 Å². The average Bonchev–Trinajstić information content (AvgIpc) is 2.28. The van der Waals surface area contributed by atoms with Crippen molar-refractivity contribution in [1.29, 1.82) is 0 Å². The predicted molar refractivity (Wildman–Crippen MR) is 67.9 cm³/mol. The second-order valence-corrected chi connectivity index (χ2v) is 5.68. The Morgan fingerprint density at radius 3 is 2.67 bits per heavy atom. The fourth-order valence-corrected chi connectivity index (χ4v) is 1.87. The van der Waals surface area contributed by atoms with Crippen molar-refractivity contribution in [3.8, 4) is 0 Å². The molecule has 18 heavy (non-hydrogen) atoms. The molecule has 0 radical (unpaired) electrons. The van der Waals surface area contributed by atoms with Gasteiger partial charge in [-0.1, -0.05) is 20.8 Å². The molecule has 0 aromatic carbocycles. The molecule has 1 heterocycles. The van der Waals surface area contributed by atoms with Gasteiger partial charge in [0.2, 0.25) is 11.8 Å². The van der Waals surface area contributed by atoms with Gasteiger partial charge in [0.05, 0.1) is 6.54 Å². The van der Waals surface area contributed by atoms with E-state index in [1.54, 1.807) is 0 Å². The largest absolute Gasteiger partial charge is 0.396 e. The van der Waals surface area contributed by atoms with Crippen LogP contribution in [0.5, 0.6) is 0 Å². The van der Waals surface area contributed by atoms with Gasteiger partial charge in [-0.25, -0.2) is 0 Å². The Morgan fingerprint density at radius 1 is 1.56 bits per heavy atom. The predicted octanol–water partition coefficient (Wildman–Crippen LogP) is -1.01. The van der Waals surface area contributed by atoms with E-state index < -0.39 is 6.04 Å². The van der Waals surface area contributed by atoms with E-state index in [-0.39, 0.29) is 36.4 Å². The molecule has 1 saturated heterocycles. The Labute approximate surface area is 108 Å². The fraction of sp³-hybridized carbons (Fsp3) is 0.833. The minimum Gasteiger partial charge on any atom is -0.396 e. The van der Waals surface area contributed by atoms with Crippen molar-refractivity contribution in [2.45, 2.75) is 39.3 Å². The summed E-state index contributed by atoms with van der Waals surface area (Å²) in [4.78, 5) is 23.0. The Morgan fingerprint density at radius 2 is 2.22 bits per heavy atom. The smallest absolute Gasteiger partial charge is 0.239 e. The molecule has 2 atom stereocenters. The second-order valence-electron chi connectivity index (χ2n) is 5.68. The van der Waals surface area contributed by atoms with E-state index >= 15 is 0 Å². The number of rotatable bonds is 4. The molecule has 1 aliphatic heterocycles. The SMILES string of the molecule is CC(C)(C)C(CCO)NC(=O)C1CNC(=O)CN1. The maximum absolute atomic E-state index is 12.0. The zero-order valence-electron chi connectivity index (χ0n) is 11.2. The lowest BCUT2D eigenvalue weighted by Gasteiger charge is -2.33. The number of carbonyl (C=O) groups excluding carboxylic acids is 2. The van der Waals surface area contributed by atoms with Gasteiger partial charge in [0, 0.05) is 19.2 Å². The van der Waals surface area contributed by atoms with Crippen LogP contribution >= 0.6 is 0 Å². The van der Waals surface area contributed by atoms with Gasteiger partial charge < -0.3 is 15.7 Å². The summed E-state index contributed by atoms with van der Waals surface area (Å²) < 4.78 is 0. The van der Waals surface area contributed by atoms with Crippen molar-refractivity contribution in [3.63, 3.8) is 0 Å². The molecule has 0 aromatic heterocycles. The van der Waals surface area contributed by atoms with E-state index in [2.05, 4.69) is 16.0 Å². The number of carbonyl (C=O) groups is 2. The molecule has 2 amide bonds. The quantitative estimate of drug-likeness (QED) is 0.519. The monoisotopic (exact) mass is 257 g/mol. The van der Waals surface area contributed by atoms with Gasteiger partial charge in [0.25, 0.3) is 0 Å². The van der Waals surface area contributed by atoms with E-state index in [4.69, 9.17) is 5.11 Å². The standard InChI is InChI=1S/C12H23N3O3/c1-12(2,3)9(4-5-16)15-11(18)8-6-14-10(17)7-13-8/h8-9,13,16H,4-7H2,1-3H3,(H,14,17)(H,15,18). The lowest BCUT2D eigenvalue weighted by molar-refractivity contribution is -0.127. The summed E-state index contributed by atoms with van der Waals surface area (Å²) in [5.41, 5.74) is -0.115. The lowest BCUT2D eigenvalue weighted by Crippen LogP contribution is -2.60. The van der Waals surface area contributed by atoms with E-state index in [0.717, 1.165) is 0 Å². The van der Waals surface area contributed by atoms with E-state index in [0.29, 0.717) is 13.0 Å². The van der Waals surface area contributed by atoms with Gasteiger partial charge in [-0.2, -0.15) is 0 Å². The molecule has 0 saturated carbocycles. The molecule has 4 N–H and O–H groups in total. The highest BCUT2D eigenvalue weighted by Crippen LogP contribution is 2.21. The van der Waals surface area contributed by atoms with Crippen LogP contribution in [0.25, 0.3) is 0 Å². The van der Waals surface area contributed by atoms with Gasteiger partial charge in [-0.3, -0.25) is 14.9 Å². The number of piperazine rings is 1. The first kappa shape index (κ1) is 14.9. The number of hydrogen-bond donors (Lipinski definition) is 4. The second kappa shape index (κ2) is 6.15. The topological polar surface area (TPSA) is 90.5 Å². The maximum Gasteiger partial charge on any atom is 0.239 e. The van der Waals surface area contributed by atoms with Gasteiger partial charge >= 0.3 is 0 Å². The highest BCUT2D eigenvalue weighted by atomic mass is 16.3. The highest BCUT2D eigenvalue weighted by Gasteiger charge is 2.30. The van der Waals surface area contributed by atoms with Crippen LogP contribution in [0.4, 0.5) is 0 Å².